The molecule has 0 aromatic heterocycles. The average Bonchev–Trinajstić information content (AvgIpc) is 2.64. The molecule has 0 spiro atoms. The van der Waals surface area contributed by atoms with Crippen LogP contribution in [0.3, 0.4) is 0 Å². The van der Waals surface area contributed by atoms with Crippen molar-refractivity contribution in [2.45, 2.75) is 77.7 Å². The van der Waals surface area contributed by atoms with E-state index in [4.69, 9.17) is 9.47 Å². The van der Waals surface area contributed by atoms with Gasteiger partial charge in [-0.25, -0.2) is 0 Å². The molecule has 4 heteroatoms. The highest BCUT2D eigenvalue weighted by atomic mass is 19.2. The second-order valence-electron chi connectivity index (χ2n) is 7.54. The van der Waals surface area contributed by atoms with Crippen LogP contribution in [0.4, 0.5) is 8.78 Å². The number of aryl methyl sites for hydroxylation is 1. The Labute approximate surface area is 149 Å². The maximum absolute atomic E-state index is 14.4. The van der Waals surface area contributed by atoms with Gasteiger partial charge in [-0.2, -0.15) is 8.78 Å². The number of rotatable bonds is 6. The largest absolute Gasteiger partial charge is 0.491 e. The summed E-state index contributed by atoms with van der Waals surface area (Å²) in [5, 5.41) is 0. The minimum atomic E-state index is -0.926. The highest BCUT2D eigenvalue weighted by Gasteiger charge is 2.34. The number of fused-ring (bicyclic) bond motifs is 1. The summed E-state index contributed by atoms with van der Waals surface area (Å²) < 4.78 is 39.7. The summed E-state index contributed by atoms with van der Waals surface area (Å²) in [6.45, 7) is 4.32. The van der Waals surface area contributed by atoms with Crippen LogP contribution in [0.1, 0.15) is 70.8 Å². The summed E-state index contributed by atoms with van der Waals surface area (Å²) in [4.78, 5) is 0. The molecule has 0 N–H and O–H groups in total. The summed E-state index contributed by atoms with van der Waals surface area (Å²) >= 11 is 0. The lowest BCUT2D eigenvalue weighted by Gasteiger charge is -2.36. The predicted molar refractivity (Wildman–Crippen MR) is 95.2 cm³/mol. The van der Waals surface area contributed by atoms with Crippen molar-refractivity contribution in [3.05, 3.63) is 23.3 Å². The number of halogens is 2. The van der Waals surface area contributed by atoms with Gasteiger partial charge in [0.05, 0.1) is 6.61 Å². The van der Waals surface area contributed by atoms with Crippen LogP contribution >= 0.6 is 0 Å². The Hall–Kier alpha value is -1.32. The molecule has 1 unspecified atom stereocenters. The van der Waals surface area contributed by atoms with Crippen molar-refractivity contribution in [3.63, 3.8) is 0 Å². The predicted octanol–water partition coefficient (Wildman–Crippen LogP) is 6.05. The van der Waals surface area contributed by atoms with Gasteiger partial charge in [0.25, 0.3) is 0 Å². The maximum Gasteiger partial charge on any atom is 0.204 e. The van der Waals surface area contributed by atoms with E-state index in [1.54, 1.807) is 13.0 Å². The molecule has 0 bridgehead atoms. The zero-order valence-corrected chi connectivity index (χ0v) is 15.5. The van der Waals surface area contributed by atoms with Gasteiger partial charge in [-0.1, -0.05) is 39.0 Å². The molecular formula is C21H30F2O2. The third kappa shape index (κ3) is 4.09. The van der Waals surface area contributed by atoms with Crippen molar-refractivity contribution in [2.24, 2.45) is 11.8 Å². The molecule has 1 aliphatic heterocycles. The van der Waals surface area contributed by atoms with Gasteiger partial charge >= 0.3 is 0 Å². The van der Waals surface area contributed by atoms with Gasteiger partial charge in [-0.15, -0.1) is 0 Å². The normalized spacial score (nSPS) is 26.0. The van der Waals surface area contributed by atoms with Crippen molar-refractivity contribution in [2.75, 3.05) is 6.61 Å². The maximum atomic E-state index is 14.4. The van der Waals surface area contributed by atoms with Crippen LogP contribution in [-0.2, 0) is 6.42 Å². The van der Waals surface area contributed by atoms with Gasteiger partial charge in [0, 0.05) is 5.56 Å². The Morgan fingerprint density at radius 1 is 1.08 bits per heavy atom. The lowest BCUT2D eigenvalue weighted by atomic mass is 9.76. The van der Waals surface area contributed by atoms with Crippen LogP contribution in [0.25, 0.3) is 0 Å². The third-order valence-electron chi connectivity index (χ3n) is 5.86. The van der Waals surface area contributed by atoms with Crippen molar-refractivity contribution in [3.8, 4) is 11.5 Å². The highest BCUT2D eigenvalue weighted by Crippen LogP contribution is 2.41. The molecule has 3 rings (SSSR count). The van der Waals surface area contributed by atoms with Gasteiger partial charge in [-0.3, -0.25) is 0 Å². The number of unbranched alkanes of at least 4 members (excludes halogenated alkanes) is 1. The molecule has 1 aromatic rings. The number of ether oxygens (including phenoxy) is 2. The monoisotopic (exact) mass is 352 g/mol. The van der Waals surface area contributed by atoms with E-state index in [-0.39, 0.29) is 17.6 Å². The minimum Gasteiger partial charge on any atom is -0.491 e. The lowest BCUT2D eigenvalue weighted by molar-refractivity contribution is 0.0705. The van der Waals surface area contributed by atoms with E-state index in [1.807, 2.05) is 0 Å². The smallest absolute Gasteiger partial charge is 0.204 e. The lowest BCUT2D eigenvalue weighted by Crippen LogP contribution is -2.34. The molecule has 2 nitrogen and oxygen atoms in total. The highest BCUT2D eigenvalue weighted by molar-refractivity contribution is 5.44. The summed E-state index contributed by atoms with van der Waals surface area (Å²) in [7, 11) is 0. The third-order valence-corrected chi connectivity index (χ3v) is 5.86. The zero-order valence-electron chi connectivity index (χ0n) is 15.5. The van der Waals surface area contributed by atoms with E-state index in [2.05, 4.69) is 6.92 Å². The fourth-order valence-electron chi connectivity index (χ4n) is 4.39. The van der Waals surface area contributed by atoms with E-state index in [1.165, 1.54) is 32.1 Å². The first-order valence-corrected chi connectivity index (χ1v) is 9.94. The Balaban J connectivity index is 1.65. The minimum absolute atomic E-state index is 0.00256. The molecule has 2 aliphatic rings. The topological polar surface area (TPSA) is 18.5 Å². The molecule has 0 amide bonds. The van der Waals surface area contributed by atoms with Crippen LogP contribution < -0.4 is 9.47 Å². The Kier molecular flexibility index (Phi) is 6.19. The molecular weight excluding hydrogens is 322 g/mol. The van der Waals surface area contributed by atoms with Crippen LogP contribution in [0.15, 0.2) is 6.07 Å². The molecule has 0 saturated heterocycles. The molecule has 1 heterocycles. The molecule has 1 aliphatic carbocycles. The van der Waals surface area contributed by atoms with Crippen molar-refractivity contribution in [1.82, 2.24) is 0 Å². The van der Waals surface area contributed by atoms with Gasteiger partial charge in [-0.05, 0) is 50.5 Å². The Bertz CT molecular complexity index is 580. The number of hydrogen-bond donors (Lipinski definition) is 0. The summed E-state index contributed by atoms with van der Waals surface area (Å²) in [6, 6.07) is 1.61. The van der Waals surface area contributed by atoms with Crippen molar-refractivity contribution in [1.29, 1.82) is 0 Å². The van der Waals surface area contributed by atoms with Crippen LogP contribution in [0.2, 0.25) is 0 Å². The van der Waals surface area contributed by atoms with E-state index in [0.29, 0.717) is 12.5 Å². The second kappa shape index (κ2) is 8.37. The van der Waals surface area contributed by atoms with E-state index < -0.39 is 11.6 Å². The number of benzene rings is 1. The first-order chi connectivity index (χ1) is 12.1. The molecule has 1 fully saturated rings. The average molecular weight is 352 g/mol. The van der Waals surface area contributed by atoms with E-state index in [9.17, 15) is 8.78 Å². The fourth-order valence-corrected chi connectivity index (χ4v) is 4.39. The SMILES string of the molecule is CCCCC1CCC(C2CCc3cc(OCC)c(F)c(F)c3O2)CC1. The van der Waals surface area contributed by atoms with Crippen LogP contribution in [0, 0.1) is 23.5 Å². The standard InChI is InChI=1S/C21H30F2O2/c1-3-5-6-14-7-9-15(10-8-14)17-12-11-16-13-18(24-4-2)19(22)20(23)21(16)25-17/h13-15,17H,3-12H2,1-2H3. The van der Waals surface area contributed by atoms with Crippen LogP contribution in [-0.4, -0.2) is 12.7 Å². The Morgan fingerprint density at radius 2 is 1.84 bits per heavy atom. The van der Waals surface area contributed by atoms with Gasteiger partial charge in [0.2, 0.25) is 11.6 Å². The van der Waals surface area contributed by atoms with Crippen molar-refractivity contribution < 1.29 is 18.3 Å². The summed E-state index contributed by atoms with van der Waals surface area (Å²) in [5.41, 5.74) is 0.732. The number of hydrogen-bond acceptors (Lipinski definition) is 2. The van der Waals surface area contributed by atoms with Gasteiger partial charge in [0.1, 0.15) is 6.10 Å². The first kappa shape index (κ1) is 18.5. The van der Waals surface area contributed by atoms with Crippen LogP contribution in [0.5, 0.6) is 11.5 Å². The van der Waals surface area contributed by atoms with Crippen molar-refractivity contribution >= 4 is 0 Å². The summed E-state index contributed by atoms with van der Waals surface area (Å²) in [5.74, 6) is -0.385. The quantitative estimate of drug-likeness (QED) is 0.620. The summed E-state index contributed by atoms with van der Waals surface area (Å²) in [6.07, 6.45) is 10.3. The Morgan fingerprint density at radius 3 is 2.52 bits per heavy atom. The molecule has 1 aromatic carbocycles. The molecule has 0 radical (unpaired) electrons. The first-order valence-electron chi connectivity index (χ1n) is 9.94. The van der Waals surface area contributed by atoms with Gasteiger partial charge in [0.15, 0.2) is 11.5 Å². The van der Waals surface area contributed by atoms with E-state index >= 15 is 0 Å². The molecule has 1 atom stereocenters. The zero-order chi connectivity index (χ0) is 17.8. The molecule has 1 saturated carbocycles. The van der Waals surface area contributed by atoms with Gasteiger partial charge < -0.3 is 9.47 Å². The second-order valence-corrected chi connectivity index (χ2v) is 7.54. The molecule has 140 valence electrons. The van der Waals surface area contributed by atoms with E-state index in [0.717, 1.165) is 37.2 Å². The molecule has 25 heavy (non-hydrogen) atoms. The fraction of sp³-hybridized carbons (Fsp3) is 0.714.